The van der Waals surface area contributed by atoms with Gasteiger partial charge in [0, 0.05) is 11.3 Å². The van der Waals surface area contributed by atoms with Gasteiger partial charge in [0.25, 0.3) is 0 Å². The quantitative estimate of drug-likeness (QED) is 0.157. The Bertz CT molecular complexity index is 1430. The van der Waals surface area contributed by atoms with Gasteiger partial charge in [-0.15, -0.1) is 18.3 Å². The van der Waals surface area contributed by atoms with Crippen molar-refractivity contribution in [2.75, 3.05) is 5.32 Å². The smallest absolute Gasteiger partial charge is 0.406 e. The zero-order chi connectivity index (χ0) is 27.3. The van der Waals surface area contributed by atoms with Crippen molar-refractivity contribution in [3.63, 3.8) is 0 Å². The van der Waals surface area contributed by atoms with E-state index < -0.39 is 6.36 Å². The molecule has 0 saturated heterocycles. The average molecular weight is 539 g/mol. The van der Waals surface area contributed by atoms with E-state index in [4.69, 9.17) is 12.2 Å². The van der Waals surface area contributed by atoms with Crippen molar-refractivity contribution in [1.82, 2.24) is 20.2 Å². The number of hydrazone groups is 1. The molecular formula is C27H25F3N6OS. The number of anilines is 1. The van der Waals surface area contributed by atoms with Crippen LogP contribution in [-0.2, 0) is 0 Å². The third-order valence-electron chi connectivity index (χ3n) is 5.45. The van der Waals surface area contributed by atoms with E-state index in [-0.39, 0.29) is 5.75 Å². The second-order valence-electron chi connectivity index (χ2n) is 8.75. The van der Waals surface area contributed by atoms with Crippen molar-refractivity contribution in [3.8, 4) is 22.8 Å². The van der Waals surface area contributed by atoms with Crippen LogP contribution < -0.4 is 15.5 Å². The predicted molar refractivity (Wildman–Crippen MR) is 146 cm³/mol. The number of halogens is 3. The molecule has 0 fully saturated rings. The number of alkyl halides is 3. The van der Waals surface area contributed by atoms with Crippen molar-refractivity contribution >= 4 is 29.2 Å². The van der Waals surface area contributed by atoms with Gasteiger partial charge < -0.3 is 10.1 Å². The second kappa shape index (κ2) is 11.4. The molecule has 0 amide bonds. The summed E-state index contributed by atoms with van der Waals surface area (Å²) < 4.78 is 42.4. The lowest BCUT2D eigenvalue weighted by molar-refractivity contribution is -0.274. The van der Waals surface area contributed by atoms with Crippen molar-refractivity contribution in [2.45, 2.75) is 33.1 Å². The average Bonchev–Trinajstić information content (AvgIpc) is 3.35. The lowest BCUT2D eigenvalue weighted by atomic mass is 9.99. The maximum atomic E-state index is 12.3. The standard InChI is InChI=1S/C27H25F3N6OS/c1-17(2)23-14-18(3)4-13-24(23)33-26(38)34-32-15-19-5-7-20(8-6-19)25-31-16-36(35-25)21-9-11-22(12-10-21)37-27(28,29)30/h4-17H,1-3H3,(H2,33,34,38). The lowest BCUT2D eigenvalue weighted by Crippen LogP contribution is -2.24. The Morgan fingerprint density at radius 3 is 2.42 bits per heavy atom. The van der Waals surface area contributed by atoms with Crippen LogP contribution in [0, 0.1) is 6.92 Å². The number of hydrogen-bond acceptors (Lipinski definition) is 5. The summed E-state index contributed by atoms with van der Waals surface area (Å²) in [5.41, 5.74) is 8.30. The summed E-state index contributed by atoms with van der Waals surface area (Å²) in [4.78, 5) is 4.29. The molecule has 0 aliphatic carbocycles. The fourth-order valence-electron chi connectivity index (χ4n) is 3.63. The van der Waals surface area contributed by atoms with Crippen LogP contribution in [0.15, 0.2) is 78.2 Å². The van der Waals surface area contributed by atoms with Crippen LogP contribution in [0.2, 0.25) is 0 Å². The first kappa shape index (κ1) is 26.8. The molecule has 0 aliphatic rings. The van der Waals surface area contributed by atoms with Gasteiger partial charge >= 0.3 is 6.36 Å². The largest absolute Gasteiger partial charge is 0.573 e. The summed E-state index contributed by atoms with van der Waals surface area (Å²) >= 11 is 5.38. The molecule has 4 rings (SSSR count). The minimum absolute atomic E-state index is 0.305. The third kappa shape index (κ3) is 7.16. The fourth-order valence-corrected chi connectivity index (χ4v) is 3.79. The molecule has 2 N–H and O–H groups in total. The SMILES string of the molecule is Cc1ccc(NC(=S)NN=Cc2ccc(-c3ncn(-c4ccc(OC(F)(F)F)cc4)n3)cc2)c(C(C)C)c1. The minimum atomic E-state index is -4.74. The maximum Gasteiger partial charge on any atom is 0.573 e. The highest BCUT2D eigenvalue weighted by Crippen LogP contribution is 2.26. The van der Waals surface area contributed by atoms with Gasteiger partial charge in [-0.3, -0.25) is 5.43 Å². The van der Waals surface area contributed by atoms with Crippen molar-refractivity contribution < 1.29 is 17.9 Å². The fraction of sp³-hybridized carbons (Fsp3) is 0.185. The van der Waals surface area contributed by atoms with Crippen LogP contribution >= 0.6 is 12.2 Å². The molecule has 0 radical (unpaired) electrons. The first-order chi connectivity index (χ1) is 18.1. The Hall–Kier alpha value is -4.25. The summed E-state index contributed by atoms with van der Waals surface area (Å²) in [7, 11) is 0. The molecule has 3 aromatic carbocycles. The molecular weight excluding hydrogens is 513 g/mol. The molecule has 0 unspecified atom stereocenters. The molecule has 1 aromatic heterocycles. The van der Waals surface area contributed by atoms with Crippen LogP contribution in [-0.4, -0.2) is 32.5 Å². The third-order valence-corrected chi connectivity index (χ3v) is 5.65. The Morgan fingerprint density at radius 1 is 1.05 bits per heavy atom. The highest BCUT2D eigenvalue weighted by Gasteiger charge is 2.31. The first-order valence-corrected chi connectivity index (χ1v) is 12.1. The normalized spacial score (nSPS) is 11.7. The topological polar surface area (TPSA) is 76.4 Å². The number of hydrogen-bond donors (Lipinski definition) is 2. The van der Waals surface area contributed by atoms with E-state index in [1.807, 2.05) is 36.4 Å². The van der Waals surface area contributed by atoms with Crippen LogP contribution in [0.25, 0.3) is 17.1 Å². The van der Waals surface area contributed by atoms with Gasteiger partial charge in [0.05, 0.1) is 11.9 Å². The van der Waals surface area contributed by atoms with E-state index in [0.717, 1.165) is 16.8 Å². The zero-order valence-corrected chi connectivity index (χ0v) is 21.6. The first-order valence-electron chi connectivity index (χ1n) is 11.7. The number of aryl methyl sites for hydroxylation is 1. The summed E-state index contributed by atoms with van der Waals surface area (Å²) in [5.74, 6) is 0.508. The monoisotopic (exact) mass is 538 g/mol. The number of benzene rings is 3. The van der Waals surface area contributed by atoms with Crippen LogP contribution in [0.4, 0.5) is 18.9 Å². The van der Waals surface area contributed by atoms with Crippen molar-refractivity contribution in [2.24, 2.45) is 5.10 Å². The van der Waals surface area contributed by atoms with Gasteiger partial charge in [0.15, 0.2) is 10.9 Å². The molecule has 0 aliphatic heterocycles. The van der Waals surface area contributed by atoms with E-state index in [2.05, 4.69) is 57.5 Å². The molecule has 0 spiro atoms. The minimum Gasteiger partial charge on any atom is -0.406 e. The lowest BCUT2D eigenvalue weighted by Gasteiger charge is -2.15. The van der Waals surface area contributed by atoms with E-state index in [0.29, 0.717) is 22.5 Å². The molecule has 1 heterocycles. The molecule has 7 nitrogen and oxygen atoms in total. The summed E-state index contributed by atoms with van der Waals surface area (Å²) in [6, 6.07) is 19.0. The molecule has 0 bridgehead atoms. The van der Waals surface area contributed by atoms with Crippen LogP contribution in [0.1, 0.15) is 36.5 Å². The van der Waals surface area contributed by atoms with Gasteiger partial charge in [-0.05, 0) is 66.5 Å². The van der Waals surface area contributed by atoms with Gasteiger partial charge in [0.2, 0.25) is 0 Å². The molecule has 0 atom stereocenters. The number of nitrogens with zero attached hydrogens (tertiary/aromatic N) is 4. The van der Waals surface area contributed by atoms with Crippen LogP contribution in [0.5, 0.6) is 5.75 Å². The highest BCUT2D eigenvalue weighted by molar-refractivity contribution is 7.80. The van der Waals surface area contributed by atoms with Crippen molar-refractivity contribution in [3.05, 3.63) is 89.7 Å². The summed E-state index contributed by atoms with van der Waals surface area (Å²) in [6.45, 7) is 6.32. The second-order valence-corrected chi connectivity index (χ2v) is 9.15. The highest BCUT2D eigenvalue weighted by atomic mass is 32.1. The summed E-state index contributed by atoms with van der Waals surface area (Å²) in [6.07, 6.45) is -1.61. The Morgan fingerprint density at radius 2 is 1.76 bits per heavy atom. The van der Waals surface area contributed by atoms with E-state index in [1.165, 1.54) is 46.4 Å². The van der Waals surface area contributed by atoms with Gasteiger partial charge in [0.1, 0.15) is 12.1 Å². The number of rotatable bonds is 7. The van der Waals surface area contributed by atoms with Gasteiger partial charge in [-0.25, -0.2) is 9.67 Å². The predicted octanol–water partition coefficient (Wildman–Crippen LogP) is 6.59. The van der Waals surface area contributed by atoms with E-state index in [9.17, 15) is 13.2 Å². The molecule has 38 heavy (non-hydrogen) atoms. The summed E-state index contributed by atoms with van der Waals surface area (Å²) in [5, 5.41) is 12.2. The number of thiocarbonyl (C=S) groups is 1. The molecule has 4 aromatic rings. The Labute approximate surface area is 223 Å². The van der Waals surface area contributed by atoms with Crippen molar-refractivity contribution in [1.29, 1.82) is 0 Å². The molecule has 0 saturated carbocycles. The molecule has 11 heteroatoms. The Balaban J connectivity index is 1.35. The molecule has 196 valence electrons. The maximum absolute atomic E-state index is 12.3. The van der Waals surface area contributed by atoms with Gasteiger partial charge in [-0.2, -0.15) is 5.10 Å². The number of aromatic nitrogens is 3. The number of ether oxygens (including phenoxy) is 1. The van der Waals surface area contributed by atoms with Crippen LogP contribution in [0.3, 0.4) is 0 Å². The zero-order valence-electron chi connectivity index (χ0n) is 20.8. The number of nitrogens with one attached hydrogen (secondary N) is 2. The van der Waals surface area contributed by atoms with E-state index in [1.54, 1.807) is 6.21 Å². The Kier molecular flexibility index (Phi) is 8.06. The van der Waals surface area contributed by atoms with Gasteiger partial charge in [-0.1, -0.05) is 55.8 Å². The van der Waals surface area contributed by atoms with E-state index >= 15 is 0 Å².